The van der Waals surface area contributed by atoms with Crippen molar-refractivity contribution >= 4 is 33.2 Å². The Morgan fingerprint density at radius 3 is 2.54 bits per heavy atom. The van der Waals surface area contributed by atoms with Gasteiger partial charge in [0.05, 0.1) is 37.1 Å². The van der Waals surface area contributed by atoms with Gasteiger partial charge in [-0.15, -0.1) is 0 Å². The van der Waals surface area contributed by atoms with E-state index >= 15 is 0 Å². The van der Waals surface area contributed by atoms with Crippen LogP contribution in [0.5, 0.6) is 11.5 Å². The number of carbonyl (C=O) groups excluding carboxylic acids is 1. The van der Waals surface area contributed by atoms with Crippen molar-refractivity contribution in [3.8, 4) is 11.5 Å². The number of amides is 1. The van der Waals surface area contributed by atoms with Gasteiger partial charge in [0.25, 0.3) is 0 Å². The maximum Gasteiger partial charge on any atom is 0.228 e. The van der Waals surface area contributed by atoms with Crippen LogP contribution in [0.25, 0.3) is 0 Å². The average molecular weight is 377 g/mol. The Bertz CT molecular complexity index is 723. The highest BCUT2D eigenvalue weighted by atomic mass is 35.5. The third kappa shape index (κ3) is 4.31. The Morgan fingerprint density at radius 2 is 1.96 bits per heavy atom. The summed E-state index contributed by atoms with van der Waals surface area (Å²) in [5.74, 6) is 0.144. The number of hydrogen-bond acceptors (Lipinski definition) is 5. The number of nitrogens with one attached hydrogen (secondary N) is 1. The quantitative estimate of drug-likeness (QED) is 0.849. The molecule has 134 valence electrons. The van der Waals surface area contributed by atoms with Crippen LogP contribution >= 0.6 is 11.6 Å². The van der Waals surface area contributed by atoms with Gasteiger partial charge in [-0.1, -0.05) is 11.6 Å². The van der Waals surface area contributed by atoms with E-state index < -0.39 is 15.9 Å². The van der Waals surface area contributed by atoms with E-state index in [2.05, 4.69) is 5.32 Å². The van der Waals surface area contributed by atoms with Crippen LogP contribution in [0.2, 0.25) is 5.02 Å². The molecule has 1 aromatic carbocycles. The Morgan fingerprint density at radius 1 is 1.29 bits per heavy atom. The predicted molar refractivity (Wildman–Crippen MR) is 92.3 cm³/mol. The molecule has 0 spiro atoms. The standard InChI is InChI=1S/C15H21ClN2O5S/c1-22-13-8-12(14(23-2)7-11(13)16)17-15(19)10-5-4-6-18(9-10)24(3,20)21/h7-8,10H,4-6,9H2,1-3H3,(H,17,19)/t10-/m1/s1. The topological polar surface area (TPSA) is 84.9 Å². The van der Waals surface area contributed by atoms with E-state index in [4.69, 9.17) is 21.1 Å². The second-order valence-electron chi connectivity index (χ2n) is 5.64. The Kier molecular flexibility index (Phi) is 5.95. The van der Waals surface area contributed by atoms with Crippen LogP contribution in [-0.2, 0) is 14.8 Å². The summed E-state index contributed by atoms with van der Waals surface area (Å²) < 4.78 is 35.1. The van der Waals surface area contributed by atoms with E-state index in [1.54, 1.807) is 12.1 Å². The van der Waals surface area contributed by atoms with Crippen molar-refractivity contribution < 1.29 is 22.7 Å². The highest BCUT2D eigenvalue weighted by molar-refractivity contribution is 7.88. The number of hydrogen-bond donors (Lipinski definition) is 1. The second-order valence-corrected chi connectivity index (χ2v) is 8.03. The molecule has 1 heterocycles. The maximum atomic E-state index is 12.5. The number of piperidine rings is 1. The van der Waals surface area contributed by atoms with Gasteiger partial charge in [0.2, 0.25) is 15.9 Å². The molecule has 0 bridgehead atoms. The average Bonchev–Trinajstić information content (AvgIpc) is 2.55. The molecule has 1 N–H and O–H groups in total. The van der Waals surface area contributed by atoms with Crippen LogP contribution in [0.1, 0.15) is 12.8 Å². The van der Waals surface area contributed by atoms with Crippen LogP contribution < -0.4 is 14.8 Å². The molecule has 2 rings (SSSR count). The van der Waals surface area contributed by atoms with Gasteiger partial charge in [-0.3, -0.25) is 4.79 Å². The van der Waals surface area contributed by atoms with Crippen LogP contribution in [0, 0.1) is 5.92 Å². The molecule has 1 saturated heterocycles. The minimum Gasteiger partial charge on any atom is -0.495 e. The molecule has 1 aromatic rings. The summed E-state index contributed by atoms with van der Waals surface area (Å²) in [4.78, 5) is 12.5. The zero-order valence-corrected chi connectivity index (χ0v) is 15.4. The number of benzene rings is 1. The first-order valence-electron chi connectivity index (χ1n) is 7.43. The third-order valence-corrected chi connectivity index (χ3v) is 5.52. The van der Waals surface area contributed by atoms with Crippen molar-refractivity contribution in [2.24, 2.45) is 5.92 Å². The summed E-state index contributed by atoms with van der Waals surface area (Å²) in [5, 5.41) is 3.15. The smallest absolute Gasteiger partial charge is 0.228 e. The summed E-state index contributed by atoms with van der Waals surface area (Å²) in [7, 11) is -0.354. The summed E-state index contributed by atoms with van der Waals surface area (Å²) >= 11 is 6.04. The van der Waals surface area contributed by atoms with Crippen molar-refractivity contribution in [1.82, 2.24) is 4.31 Å². The van der Waals surface area contributed by atoms with E-state index in [0.717, 1.165) is 6.26 Å². The van der Waals surface area contributed by atoms with Gasteiger partial charge in [0.1, 0.15) is 11.5 Å². The lowest BCUT2D eigenvalue weighted by atomic mass is 9.98. The molecule has 0 aliphatic carbocycles. The molecule has 0 unspecified atom stereocenters. The van der Waals surface area contributed by atoms with Crippen molar-refractivity contribution in [3.05, 3.63) is 17.2 Å². The minimum absolute atomic E-state index is 0.178. The molecule has 1 atom stereocenters. The number of methoxy groups -OCH3 is 2. The van der Waals surface area contributed by atoms with E-state index in [0.29, 0.717) is 41.6 Å². The number of carbonyl (C=O) groups is 1. The Labute approximate surface area is 146 Å². The molecule has 1 amide bonds. The zero-order chi connectivity index (χ0) is 17.9. The fraction of sp³-hybridized carbons (Fsp3) is 0.533. The summed E-state index contributed by atoms with van der Waals surface area (Å²) in [6, 6.07) is 3.13. The first-order valence-corrected chi connectivity index (χ1v) is 9.66. The van der Waals surface area contributed by atoms with E-state index in [1.807, 2.05) is 0 Å². The molecule has 9 heteroatoms. The fourth-order valence-corrected chi connectivity index (χ4v) is 3.79. The minimum atomic E-state index is -3.30. The molecule has 7 nitrogen and oxygen atoms in total. The molecule has 1 aliphatic heterocycles. The van der Waals surface area contributed by atoms with E-state index in [1.165, 1.54) is 18.5 Å². The number of nitrogens with zero attached hydrogens (tertiary/aromatic N) is 1. The zero-order valence-electron chi connectivity index (χ0n) is 13.8. The van der Waals surface area contributed by atoms with Crippen molar-refractivity contribution in [3.63, 3.8) is 0 Å². The molecule has 0 radical (unpaired) electrons. The van der Waals surface area contributed by atoms with Gasteiger partial charge >= 0.3 is 0 Å². The molecular formula is C15H21ClN2O5S. The first-order chi connectivity index (χ1) is 11.3. The summed E-state index contributed by atoms with van der Waals surface area (Å²) in [6.45, 7) is 0.623. The largest absolute Gasteiger partial charge is 0.495 e. The highest BCUT2D eigenvalue weighted by Crippen LogP contribution is 2.36. The highest BCUT2D eigenvalue weighted by Gasteiger charge is 2.30. The van der Waals surface area contributed by atoms with Crippen molar-refractivity contribution in [1.29, 1.82) is 0 Å². The number of anilines is 1. The maximum absolute atomic E-state index is 12.5. The van der Waals surface area contributed by atoms with Gasteiger partial charge in [0.15, 0.2) is 0 Å². The summed E-state index contributed by atoms with van der Waals surface area (Å²) in [5.41, 5.74) is 0.431. The fourth-order valence-electron chi connectivity index (χ4n) is 2.65. The van der Waals surface area contributed by atoms with Gasteiger partial charge in [0, 0.05) is 25.2 Å². The molecular weight excluding hydrogens is 356 g/mol. The first kappa shape index (κ1) is 18.8. The van der Waals surface area contributed by atoms with E-state index in [-0.39, 0.29) is 12.5 Å². The third-order valence-electron chi connectivity index (χ3n) is 3.96. The van der Waals surface area contributed by atoms with Gasteiger partial charge in [-0.25, -0.2) is 12.7 Å². The van der Waals surface area contributed by atoms with Gasteiger partial charge < -0.3 is 14.8 Å². The number of rotatable bonds is 5. The van der Waals surface area contributed by atoms with Crippen LogP contribution in [-0.4, -0.2) is 52.2 Å². The van der Waals surface area contributed by atoms with E-state index in [9.17, 15) is 13.2 Å². The molecule has 24 heavy (non-hydrogen) atoms. The van der Waals surface area contributed by atoms with Crippen LogP contribution in [0.15, 0.2) is 12.1 Å². The predicted octanol–water partition coefficient (Wildman–Crippen LogP) is 1.97. The number of ether oxygens (including phenoxy) is 2. The monoisotopic (exact) mass is 376 g/mol. The number of halogens is 1. The lowest BCUT2D eigenvalue weighted by molar-refractivity contribution is -0.120. The Hall–Kier alpha value is -1.51. The normalized spacial score (nSPS) is 18.9. The van der Waals surface area contributed by atoms with Gasteiger partial charge in [-0.2, -0.15) is 0 Å². The second kappa shape index (κ2) is 7.58. The molecule has 1 aliphatic rings. The van der Waals surface area contributed by atoms with Gasteiger partial charge in [-0.05, 0) is 12.8 Å². The summed E-state index contributed by atoms with van der Waals surface area (Å²) in [6.07, 6.45) is 2.43. The lowest BCUT2D eigenvalue weighted by Crippen LogP contribution is -2.43. The lowest BCUT2D eigenvalue weighted by Gasteiger charge is -2.30. The van der Waals surface area contributed by atoms with Crippen molar-refractivity contribution in [2.45, 2.75) is 12.8 Å². The SMILES string of the molecule is COc1cc(NC(=O)[C@@H]2CCCN(S(C)(=O)=O)C2)c(OC)cc1Cl. The number of sulfonamides is 1. The van der Waals surface area contributed by atoms with Crippen molar-refractivity contribution in [2.75, 3.05) is 38.9 Å². The Balaban J connectivity index is 2.17. The molecule has 0 saturated carbocycles. The van der Waals surface area contributed by atoms with Crippen LogP contribution in [0.3, 0.4) is 0 Å². The molecule has 1 fully saturated rings. The van der Waals surface area contributed by atoms with Crippen LogP contribution in [0.4, 0.5) is 5.69 Å². The molecule has 0 aromatic heterocycles.